The van der Waals surface area contributed by atoms with Gasteiger partial charge in [-0.2, -0.15) is 0 Å². The molecule has 0 bridgehead atoms. The van der Waals surface area contributed by atoms with Gasteiger partial charge in [0.1, 0.15) is 0 Å². The van der Waals surface area contributed by atoms with Crippen LogP contribution in [0.25, 0.3) is 0 Å². The summed E-state index contributed by atoms with van der Waals surface area (Å²) in [6, 6.07) is 1.84. The van der Waals surface area contributed by atoms with Crippen LogP contribution in [0, 0.1) is 20.2 Å². The van der Waals surface area contributed by atoms with Gasteiger partial charge in [-0.15, -0.1) is 6.58 Å². The van der Waals surface area contributed by atoms with Crippen LogP contribution >= 0.6 is 0 Å². The molecule has 106 valence electrons. The van der Waals surface area contributed by atoms with Crippen LogP contribution < -0.4 is 5.32 Å². The summed E-state index contributed by atoms with van der Waals surface area (Å²) >= 11 is 0. The molecule has 0 aromatic heterocycles. The third kappa shape index (κ3) is 3.07. The van der Waals surface area contributed by atoms with E-state index in [-0.39, 0.29) is 17.8 Å². The Bertz CT molecular complexity index is 549. The molecule has 0 saturated carbocycles. The van der Waals surface area contributed by atoms with Crippen LogP contribution in [0.1, 0.15) is 10.4 Å². The van der Waals surface area contributed by atoms with Crippen LogP contribution in [0.5, 0.6) is 0 Å². The van der Waals surface area contributed by atoms with E-state index in [4.69, 9.17) is 0 Å². The first kappa shape index (κ1) is 15.1. The summed E-state index contributed by atoms with van der Waals surface area (Å²) in [6.07, 6.45) is 1.39. The molecule has 0 saturated heterocycles. The van der Waals surface area contributed by atoms with Gasteiger partial charge in [0.2, 0.25) is 0 Å². The lowest BCUT2D eigenvalue weighted by Gasteiger charge is -2.07. The van der Waals surface area contributed by atoms with Gasteiger partial charge in [0.25, 0.3) is 11.4 Å². The monoisotopic (exact) mass is 281 g/mol. The third-order valence-corrected chi connectivity index (χ3v) is 2.33. The highest BCUT2D eigenvalue weighted by molar-refractivity contribution is 5.93. The summed E-state index contributed by atoms with van der Waals surface area (Å²) in [5.41, 5.74) is -1.72. The highest BCUT2D eigenvalue weighted by Crippen LogP contribution is 2.35. The van der Waals surface area contributed by atoms with Gasteiger partial charge in [-0.3, -0.25) is 20.2 Å². The number of rotatable bonds is 6. The van der Waals surface area contributed by atoms with Crippen LogP contribution in [0.15, 0.2) is 24.8 Å². The molecule has 0 fully saturated rings. The first-order valence-corrected chi connectivity index (χ1v) is 5.32. The van der Waals surface area contributed by atoms with Crippen molar-refractivity contribution < 1.29 is 19.4 Å². The number of methoxy groups -OCH3 is 1. The molecular formula is C11H11N3O6. The summed E-state index contributed by atoms with van der Waals surface area (Å²) < 4.78 is 4.41. The Hall–Kier alpha value is -2.97. The molecule has 1 rings (SSSR count). The maximum atomic E-state index is 11.4. The standard InChI is InChI=1S/C11H11N3O6/c1-3-4-12-10-8(13(16)17)5-7(11(15)20-2)6-9(10)14(18)19/h3,5-6,12H,1,4H2,2H3. The minimum atomic E-state index is -0.897. The van der Waals surface area contributed by atoms with E-state index in [1.165, 1.54) is 6.08 Å². The summed E-state index contributed by atoms with van der Waals surface area (Å²) in [5, 5.41) is 24.5. The quantitative estimate of drug-likeness (QED) is 0.365. The van der Waals surface area contributed by atoms with Crippen molar-refractivity contribution in [2.75, 3.05) is 19.0 Å². The Morgan fingerprint density at radius 3 is 2.20 bits per heavy atom. The Kier molecular flexibility index (Phi) is 4.73. The minimum Gasteiger partial charge on any atom is -0.465 e. The van der Waals surface area contributed by atoms with E-state index in [0.717, 1.165) is 19.2 Å². The molecule has 9 heteroatoms. The molecule has 0 aliphatic rings. The summed E-state index contributed by atoms with van der Waals surface area (Å²) in [4.78, 5) is 31.7. The van der Waals surface area contributed by atoms with Crippen molar-refractivity contribution in [3.63, 3.8) is 0 Å². The zero-order valence-corrected chi connectivity index (χ0v) is 10.5. The number of anilines is 1. The number of benzene rings is 1. The number of carbonyl (C=O) groups excluding carboxylic acids is 1. The van der Waals surface area contributed by atoms with E-state index in [9.17, 15) is 25.0 Å². The normalized spacial score (nSPS) is 9.65. The molecule has 0 aliphatic heterocycles. The largest absolute Gasteiger partial charge is 0.465 e. The van der Waals surface area contributed by atoms with Crippen molar-refractivity contribution in [3.05, 3.63) is 50.6 Å². The van der Waals surface area contributed by atoms with Gasteiger partial charge >= 0.3 is 5.97 Å². The van der Waals surface area contributed by atoms with Crippen molar-refractivity contribution in [2.24, 2.45) is 0 Å². The molecule has 0 heterocycles. The predicted molar refractivity (Wildman–Crippen MR) is 69.8 cm³/mol. The second-order valence-corrected chi connectivity index (χ2v) is 3.56. The van der Waals surface area contributed by atoms with Gasteiger partial charge < -0.3 is 10.1 Å². The summed E-state index contributed by atoms with van der Waals surface area (Å²) in [5.74, 6) is -0.897. The average Bonchev–Trinajstić information content (AvgIpc) is 2.42. The van der Waals surface area contributed by atoms with Crippen molar-refractivity contribution >= 4 is 23.0 Å². The van der Waals surface area contributed by atoms with E-state index < -0.39 is 27.2 Å². The van der Waals surface area contributed by atoms with Crippen LogP contribution in [0.2, 0.25) is 0 Å². The molecular weight excluding hydrogens is 270 g/mol. The van der Waals surface area contributed by atoms with Gasteiger partial charge in [-0.25, -0.2) is 4.79 Å². The second kappa shape index (κ2) is 6.27. The first-order chi connectivity index (χ1) is 9.42. The molecule has 0 spiro atoms. The molecule has 20 heavy (non-hydrogen) atoms. The number of nitro groups is 2. The van der Waals surface area contributed by atoms with Crippen LogP contribution in [-0.2, 0) is 4.74 Å². The van der Waals surface area contributed by atoms with Gasteiger partial charge in [-0.1, -0.05) is 6.08 Å². The topological polar surface area (TPSA) is 125 Å². The third-order valence-electron chi connectivity index (χ3n) is 2.33. The van der Waals surface area contributed by atoms with E-state index in [2.05, 4.69) is 16.6 Å². The van der Waals surface area contributed by atoms with Gasteiger partial charge in [0.05, 0.1) is 22.5 Å². The molecule has 1 aromatic carbocycles. The minimum absolute atomic E-state index is 0.0965. The Morgan fingerprint density at radius 1 is 1.35 bits per heavy atom. The zero-order chi connectivity index (χ0) is 15.3. The maximum absolute atomic E-state index is 11.4. The van der Waals surface area contributed by atoms with Gasteiger partial charge in [0, 0.05) is 18.7 Å². The molecule has 1 aromatic rings. The van der Waals surface area contributed by atoms with Crippen molar-refractivity contribution in [3.8, 4) is 0 Å². The highest BCUT2D eigenvalue weighted by Gasteiger charge is 2.28. The van der Waals surface area contributed by atoms with E-state index in [1.54, 1.807) is 0 Å². The number of carbonyl (C=O) groups is 1. The molecule has 1 N–H and O–H groups in total. The number of nitro benzene ring substituents is 2. The fourth-order valence-electron chi connectivity index (χ4n) is 1.49. The Labute approximate surface area is 113 Å². The molecule has 0 atom stereocenters. The van der Waals surface area contributed by atoms with Crippen LogP contribution in [0.4, 0.5) is 17.1 Å². The Morgan fingerprint density at radius 2 is 1.85 bits per heavy atom. The fourth-order valence-corrected chi connectivity index (χ4v) is 1.49. The maximum Gasteiger partial charge on any atom is 0.338 e. The van der Waals surface area contributed by atoms with Crippen LogP contribution in [0.3, 0.4) is 0 Å². The number of hydrogen-bond acceptors (Lipinski definition) is 7. The highest BCUT2D eigenvalue weighted by atomic mass is 16.6. The molecule has 9 nitrogen and oxygen atoms in total. The number of ether oxygens (including phenoxy) is 1. The molecule has 0 aliphatic carbocycles. The van der Waals surface area contributed by atoms with Crippen LogP contribution in [-0.4, -0.2) is 29.5 Å². The zero-order valence-electron chi connectivity index (χ0n) is 10.5. The van der Waals surface area contributed by atoms with E-state index >= 15 is 0 Å². The molecule has 0 radical (unpaired) electrons. The number of esters is 1. The lowest BCUT2D eigenvalue weighted by Crippen LogP contribution is -2.09. The van der Waals surface area contributed by atoms with Gasteiger partial charge in [-0.05, 0) is 0 Å². The number of nitrogens with zero attached hydrogens (tertiary/aromatic N) is 2. The molecule has 0 amide bonds. The van der Waals surface area contributed by atoms with E-state index in [1.807, 2.05) is 0 Å². The SMILES string of the molecule is C=CCNc1c([N+](=O)[O-])cc(C(=O)OC)cc1[N+](=O)[O-]. The Balaban J connectivity index is 3.53. The van der Waals surface area contributed by atoms with Crippen molar-refractivity contribution in [1.82, 2.24) is 0 Å². The average molecular weight is 281 g/mol. The van der Waals surface area contributed by atoms with Crippen molar-refractivity contribution in [1.29, 1.82) is 0 Å². The first-order valence-electron chi connectivity index (χ1n) is 5.32. The lowest BCUT2D eigenvalue weighted by molar-refractivity contribution is -0.392. The lowest BCUT2D eigenvalue weighted by atomic mass is 10.1. The number of hydrogen-bond donors (Lipinski definition) is 1. The predicted octanol–water partition coefficient (Wildman–Crippen LogP) is 1.89. The summed E-state index contributed by atoms with van der Waals surface area (Å²) in [6.45, 7) is 3.50. The fraction of sp³-hybridized carbons (Fsp3) is 0.182. The van der Waals surface area contributed by atoms with Crippen molar-refractivity contribution in [2.45, 2.75) is 0 Å². The molecule has 0 unspecified atom stereocenters. The number of nitrogens with one attached hydrogen (secondary N) is 1. The van der Waals surface area contributed by atoms with E-state index in [0.29, 0.717) is 0 Å². The smallest absolute Gasteiger partial charge is 0.338 e. The summed E-state index contributed by atoms with van der Waals surface area (Å²) in [7, 11) is 1.07. The second-order valence-electron chi connectivity index (χ2n) is 3.56. The van der Waals surface area contributed by atoms with Gasteiger partial charge in [0.15, 0.2) is 5.69 Å².